The lowest BCUT2D eigenvalue weighted by molar-refractivity contribution is 0.0982. The summed E-state index contributed by atoms with van der Waals surface area (Å²) in [4.78, 5) is 19.4. The Morgan fingerprint density at radius 2 is 2.17 bits per heavy atom. The number of para-hydroxylation sites is 1. The summed E-state index contributed by atoms with van der Waals surface area (Å²) >= 11 is 0. The Bertz CT molecular complexity index is 892. The molecule has 1 saturated heterocycles. The molecule has 2 aromatic heterocycles. The van der Waals surface area contributed by atoms with Gasteiger partial charge in [0.05, 0.1) is 6.10 Å². The highest BCUT2D eigenvalue weighted by molar-refractivity contribution is 5.78. The smallest absolute Gasteiger partial charge is 0.252 e. The van der Waals surface area contributed by atoms with Gasteiger partial charge in [0.15, 0.2) is 0 Å². The van der Waals surface area contributed by atoms with Gasteiger partial charge in [-0.2, -0.15) is 0 Å². The number of aromatic nitrogens is 2. The maximum Gasteiger partial charge on any atom is 0.252 e. The molecule has 4 rings (SSSR count). The van der Waals surface area contributed by atoms with Gasteiger partial charge in [-0.05, 0) is 30.0 Å². The fourth-order valence-corrected chi connectivity index (χ4v) is 3.24. The van der Waals surface area contributed by atoms with Crippen molar-refractivity contribution >= 4 is 10.9 Å². The van der Waals surface area contributed by atoms with Gasteiger partial charge in [0, 0.05) is 48.2 Å². The molecular weight excluding hydrogens is 302 g/mol. The zero-order chi connectivity index (χ0) is 16.4. The van der Waals surface area contributed by atoms with Gasteiger partial charge in [-0.3, -0.25) is 9.78 Å². The van der Waals surface area contributed by atoms with Crippen LogP contribution >= 0.6 is 0 Å². The summed E-state index contributed by atoms with van der Waals surface area (Å²) < 4.78 is 5.85. The first-order chi connectivity index (χ1) is 11.8. The number of hydrogen-bond acceptors (Lipinski definition) is 4. The van der Waals surface area contributed by atoms with Gasteiger partial charge in [-0.25, -0.2) is 0 Å². The molecule has 0 radical (unpaired) electrons. The van der Waals surface area contributed by atoms with Gasteiger partial charge in [0.1, 0.15) is 0 Å². The van der Waals surface area contributed by atoms with Crippen molar-refractivity contribution in [1.82, 2.24) is 15.3 Å². The van der Waals surface area contributed by atoms with Crippen LogP contribution in [0.2, 0.25) is 0 Å². The van der Waals surface area contributed by atoms with Gasteiger partial charge < -0.3 is 15.0 Å². The quantitative estimate of drug-likeness (QED) is 0.775. The Kier molecular flexibility index (Phi) is 4.11. The van der Waals surface area contributed by atoms with Crippen LogP contribution < -0.4 is 10.9 Å². The van der Waals surface area contributed by atoms with Crippen LogP contribution in [0.25, 0.3) is 10.9 Å². The van der Waals surface area contributed by atoms with E-state index in [2.05, 4.69) is 15.3 Å². The van der Waals surface area contributed by atoms with Gasteiger partial charge >= 0.3 is 0 Å². The summed E-state index contributed by atoms with van der Waals surface area (Å²) in [5.41, 5.74) is 2.63. The van der Waals surface area contributed by atoms with Crippen molar-refractivity contribution < 1.29 is 4.74 Å². The average Bonchev–Trinajstić information content (AvgIpc) is 3.09. The third-order valence-electron chi connectivity index (χ3n) is 4.49. The first-order valence-electron chi connectivity index (χ1n) is 8.17. The topological polar surface area (TPSA) is 67.0 Å². The fourth-order valence-electron chi connectivity index (χ4n) is 3.24. The maximum absolute atomic E-state index is 12.3. The number of fused-ring (bicyclic) bond motifs is 1. The van der Waals surface area contributed by atoms with Crippen LogP contribution in [0.1, 0.15) is 23.7 Å². The number of nitrogens with one attached hydrogen (secondary N) is 2. The maximum atomic E-state index is 12.3. The summed E-state index contributed by atoms with van der Waals surface area (Å²) in [6, 6.07) is 13.9. The van der Waals surface area contributed by atoms with Crippen molar-refractivity contribution in [3.05, 3.63) is 76.3 Å². The molecule has 3 heterocycles. The van der Waals surface area contributed by atoms with Crippen LogP contribution in [0.15, 0.2) is 59.7 Å². The number of ether oxygens (including phenoxy) is 1. The molecule has 3 aromatic rings. The van der Waals surface area contributed by atoms with Crippen LogP contribution in [0.5, 0.6) is 0 Å². The molecule has 5 nitrogen and oxygen atoms in total. The van der Waals surface area contributed by atoms with Crippen molar-refractivity contribution in [2.45, 2.75) is 25.1 Å². The zero-order valence-corrected chi connectivity index (χ0v) is 13.2. The molecule has 1 aromatic carbocycles. The molecule has 0 aliphatic carbocycles. The number of rotatable bonds is 4. The molecule has 0 bridgehead atoms. The SMILES string of the molecule is O=c1[nH]c2ccccc2cc1CN[C@H]1CCO[C@@H]1c1cccnc1. The average molecular weight is 321 g/mol. The predicted molar refractivity (Wildman–Crippen MR) is 92.7 cm³/mol. The van der Waals surface area contributed by atoms with E-state index in [1.165, 1.54) is 0 Å². The van der Waals surface area contributed by atoms with Gasteiger partial charge in [-0.1, -0.05) is 24.3 Å². The van der Waals surface area contributed by atoms with E-state index in [1.54, 1.807) is 6.20 Å². The molecule has 1 aliphatic heterocycles. The number of hydrogen-bond donors (Lipinski definition) is 2. The van der Waals surface area contributed by atoms with Crippen molar-refractivity contribution in [3.8, 4) is 0 Å². The lowest BCUT2D eigenvalue weighted by Gasteiger charge is -2.20. The molecule has 0 saturated carbocycles. The molecule has 1 fully saturated rings. The Balaban J connectivity index is 1.52. The summed E-state index contributed by atoms with van der Waals surface area (Å²) in [5.74, 6) is 0. The van der Waals surface area contributed by atoms with Gasteiger partial charge in [0.25, 0.3) is 5.56 Å². The number of H-pyrrole nitrogens is 1. The number of benzene rings is 1. The second-order valence-electron chi connectivity index (χ2n) is 6.06. The number of pyridine rings is 2. The van der Waals surface area contributed by atoms with Gasteiger partial charge in [-0.15, -0.1) is 0 Å². The van der Waals surface area contributed by atoms with Crippen LogP contribution in [0, 0.1) is 0 Å². The molecule has 0 amide bonds. The third kappa shape index (κ3) is 2.96. The van der Waals surface area contributed by atoms with E-state index in [4.69, 9.17) is 4.74 Å². The molecule has 1 aliphatic rings. The van der Waals surface area contributed by atoms with E-state index in [0.29, 0.717) is 13.2 Å². The fraction of sp³-hybridized carbons (Fsp3) is 0.263. The van der Waals surface area contributed by atoms with Crippen LogP contribution in [-0.2, 0) is 11.3 Å². The highest BCUT2D eigenvalue weighted by Gasteiger charge is 2.29. The molecule has 2 N–H and O–H groups in total. The molecular formula is C19H19N3O2. The minimum absolute atomic E-state index is 0.0155. The molecule has 0 unspecified atom stereocenters. The number of aromatic amines is 1. The number of nitrogens with zero attached hydrogens (tertiary/aromatic N) is 1. The highest BCUT2D eigenvalue weighted by Crippen LogP contribution is 2.28. The van der Waals surface area contributed by atoms with Crippen molar-refractivity contribution in [1.29, 1.82) is 0 Å². The summed E-state index contributed by atoms with van der Waals surface area (Å²) in [5, 5.41) is 4.52. The molecule has 0 spiro atoms. The predicted octanol–water partition coefficient (Wildman–Crippen LogP) is 2.54. The van der Waals surface area contributed by atoms with Crippen LogP contribution in [0.3, 0.4) is 0 Å². The van der Waals surface area contributed by atoms with Crippen molar-refractivity contribution in [3.63, 3.8) is 0 Å². The lowest BCUT2D eigenvalue weighted by atomic mass is 10.0. The first kappa shape index (κ1) is 15.1. The monoisotopic (exact) mass is 321 g/mol. The van der Waals surface area contributed by atoms with E-state index < -0.39 is 0 Å². The molecule has 122 valence electrons. The second kappa shape index (κ2) is 6.55. The minimum atomic E-state index is -0.0435. The van der Waals surface area contributed by atoms with Crippen molar-refractivity contribution in [2.75, 3.05) is 6.61 Å². The summed E-state index contributed by atoms with van der Waals surface area (Å²) in [7, 11) is 0. The Labute approximate surface area is 139 Å². The molecule has 24 heavy (non-hydrogen) atoms. The standard InChI is InChI=1S/C19H19N3O2/c23-19-15(10-13-4-1-2-6-16(13)22-19)12-21-17-7-9-24-18(17)14-5-3-8-20-11-14/h1-6,8,10-11,17-18,21H,7,9,12H2,(H,22,23)/t17-,18+/m0/s1. The highest BCUT2D eigenvalue weighted by atomic mass is 16.5. The van der Waals surface area contributed by atoms with E-state index in [1.807, 2.05) is 48.7 Å². The molecule has 2 atom stereocenters. The second-order valence-corrected chi connectivity index (χ2v) is 6.06. The summed E-state index contributed by atoms with van der Waals surface area (Å²) in [6.07, 6.45) is 4.51. The Hall–Kier alpha value is -2.50. The van der Waals surface area contributed by atoms with E-state index in [9.17, 15) is 4.79 Å². The first-order valence-corrected chi connectivity index (χ1v) is 8.17. The Morgan fingerprint density at radius 1 is 1.25 bits per heavy atom. The van der Waals surface area contributed by atoms with Crippen LogP contribution in [0.4, 0.5) is 0 Å². The largest absolute Gasteiger partial charge is 0.372 e. The van der Waals surface area contributed by atoms with E-state index in [-0.39, 0.29) is 17.7 Å². The summed E-state index contributed by atoms with van der Waals surface area (Å²) in [6.45, 7) is 1.23. The van der Waals surface area contributed by atoms with E-state index in [0.717, 1.165) is 28.5 Å². The van der Waals surface area contributed by atoms with Crippen LogP contribution in [-0.4, -0.2) is 22.6 Å². The van der Waals surface area contributed by atoms with Gasteiger partial charge in [0.2, 0.25) is 0 Å². The molecule has 5 heteroatoms. The third-order valence-corrected chi connectivity index (χ3v) is 4.49. The lowest BCUT2D eigenvalue weighted by Crippen LogP contribution is -2.33. The normalized spacial score (nSPS) is 20.5. The minimum Gasteiger partial charge on any atom is -0.372 e. The Morgan fingerprint density at radius 3 is 3.04 bits per heavy atom. The van der Waals surface area contributed by atoms with E-state index >= 15 is 0 Å². The zero-order valence-electron chi connectivity index (χ0n) is 13.2. The van der Waals surface area contributed by atoms with Crippen molar-refractivity contribution in [2.24, 2.45) is 0 Å².